The summed E-state index contributed by atoms with van der Waals surface area (Å²) in [7, 11) is -3.18. The molecule has 0 spiro atoms. The van der Waals surface area contributed by atoms with Crippen molar-refractivity contribution in [3.8, 4) is 0 Å². The van der Waals surface area contributed by atoms with Crippen LogP contribution in [0.2, 0.25) is 5.02 Å². The summed E-state index contributed by atoms with van der Waals surface area (Å²) in [5, 5.41) is 3.77. The molecule has 1 N–H and O–H groups in total. The first-order valence-corrected chi connectivity index (χ1v) is 11.0. The SMILES string of the molecule is CC1(C)CCN(C(=O)NC2CCN(c3ccc(Cl)cc3)C2)CCS1(=O)=O. The lowest BCUT2D eigenvalue weighted by Crippen LogP contribution is -2.46. The third kappa shape index (κ3) is 4.09. The van der Waals surface area contributed by atoms with Crippen molar-refractivity contribution in [1.29, 1.82) is 0 Å². The van der Waals surface area contributed by atoms with Gasteiger partial charge in [0.05, 0.1) is 10.5 Å². The van der Waals surface area contributed by atoms with Crippen molar-refractivity contribution in [2.45, 2.75) is 37.5 Å². The van der Waals surface area contributed by atoms with Gasteiger partial charge in [-0.1, -0.05) is 11.6 Å². The maximum Gasteiger partial charge on any atom is 0.317 e. The normalized spacial score (nSPS) is 25.0. The van der Waals surface area contributed by atoms with Gasteiger partial charge in [0, 0.05) is 42.9 Å². The van der Waals surface area contributed by atoms with Gasteiger partial charge in [-0.25, -0.2) is 13.2 Å². The zero-order valence-electron chi connectivity index (χ0n) is 15.2. The van der Waals surface area contributed by atoms with Crippen molar-refractivity contribution >= 4 is 33.2 Å². The molecule has 1 atom stereocenters. The number of carbonyl (C=O) groups excluding carboxylic acids is 1. The Morgan fingerprint density at radius 1 is 1.19 bits per heavy atom. The predicted molar refractivity (Wildman–Crippen MR) is 105 cm³/mol. The van der Waals surface area contributed by atoms with Crippen LogP contribution in [0, 0.1) is 0 Å². The second-order valence-electron chi connectivity index (χ2n) is 7.67. The number of sulfone groups is 1. The van der Waals surface area contributed by atoms with E-state index in [9.17, 15) is 13.2 Å². The van der Waals surface area contributed by atoms with E-state index in [1.807, 2.05) is 24.3 Å². The van der Waals surface area contributed by atoms with Crippen LogP contribution in [0.1, 0.15) is 26.7 Å². The molecule has 2 aliphatic rings. The molecule has 2 fully saturated rings. The van der Waals surface area contributed by atoms with E-state index in [-0.39, 0.29) is 24.4 Å². The highest BCUT2D eigenvalue weighted by molar-refractivity contribution is 7.92. The van der Waals surface area contributed by atoms with Crippen molar-refractivity contribution in [3.05, 3.63) is 29.3 Å². The highest BCUT2D eigenvalue weighted by Crippen LogP contribution is 2.26. The molecule has 1 aromatic rings. The van der Waals surface area contributed by atoms with Crippen molar-refractivity contribution < 1.29 is 13.2 Å². The molecule has 6 nitrogen and oxygen atoms in total. The van der Waals surface area contributed by atoms with E-state index in [1.54, 1.807) is 18.7 Å². The number of anilines is 1. The molecular weight excluding hydrogens is 374 g/mol. The van der Waals surface area contributed by atoms with E-state index in [0.29, 0.717) is 18.0 Å². The fourth-order valence-electron chi connectivity index (χ4n) is 3.41. The summed E-state index contributed by atoms with van der Waals surface area (Å²) in [5.41, 5.74) is 1.09. The predicted octanol–water partition coefficient (Wildman–Crippen LogP) is 2.53. The Kier molecular flexibility index (Phi) is 5.40. The van der Waals surface area contributed by atoms with E-state index in [2.05, 4.69) is 10.2 Å². The Labute approximate surface area is 160 Å². The number of nitrogens with one attached hydrogen (secondary N) is 1. The van der Waals surface area contributed by atoms with Crippen molar-refractivity contribution in [2.75, 3.05) is 36.8 Å². The van der Waals surface area contributed by atoms with Gasteiger partial charge in [0.1, 0.15) is 0 Å². The van der Waals surface area contributed by atoms with Gasteiger partial charge in [0.15, 0.2) is 9.84 Å². The highest BCUT2D eigenvalue weighted by Gasteiger charge is 2.38. The smallest absolute Gasteiger partial charge is 0.317 e. The molecule has 0 aromatic heterocycles. The van der Waals surface area contributed by atoms with Gasteiger partial charge < -0.3 is 15.1 Å². The standard InChI is InChI=1S/C18H26ClN3O3S/c1-18(2)8-10-21(11-12-26(18,24)25)17(23)20-15-7-9-22(13-15)16-5-3-14(19)4-6-16/h3-6,15H,7-13H2,1-2H3,(H,20,23). The van der Waals surface area contributed by atoms with E-state index >= 15 is 0 Å². The maximum atomic E-state index is 12.6. The Balaban J connectivity index is 1.56. The van der Waals surface area contributed by atoms with Gasteiger partial charge in [-0.2, -0.15) is 0 Å². The topological polar surface area (TPSA) is 69.7 Å². The Morgan fingerprint density at radius 3 is 2.58 bits per heavy atom. The Hall–Kier alpha value is -1.47. The van der Waals surface area contributed by atoms with Gasteiger partial charge in [-0.3, -0.25) is 0 Å². The quantitative estimate of drug-likeness (QED) is 0.829. The number of nitrogens with zero attached hydrogens (tertiary/aromatic N) is 2. The maximum absolute atomic E-state index is 12.6. The first kappa shape index (κ1) is 19.3. The average Bonchev–Trinajstić information content (AvgIpc) is 2.99. The molecule has 2 amide bonds. The van der Waals surface area contributed by atoms with Crippen molar-refractivity contribution in [3.63, 3.8) is 0 Å². The summed E-state index contributed by atoms with van der Waals surface area (Å²) >= 11 is 5.93. The van der Waals surface area contributed by atoms with Crippen LogP contribution in [-0.4, -0.2) is 62.1 Å². The molecule has 2 aliphatic heterocycles. The van der Waals surface area contributed by atoms with Gasteiger partial charge in [-0.15, -0.1) is 0 Å². The van der Waals surface area contributed by atoms with E-state index in [0.717, 1.165) is 25.2 Å². The van der Waals surface area contributed by atoms with Crippen LogP contribution in [0.3, 0.4) is 0 Å². The number of urea groups is 1. The third-order valence-electron chi connectivity index (χ3n) is 5.45. The average molecular weight is 400 g/mol. The zero-order valence-corrected chi connectivity index (χ0v) is 16.8. The lowest BCUT2D eigenvalue weighted by molar-refractivity contribution is 0.197. The highest BCUT2D eigenvalue weighted by atomic mass is 35.5. The molecule has 1 aromatic carbocycles. The molecule has 3 rings (SSSR count). The van der Waals surface area contributed by atoms with Crippen molar-refractivity contribution in [2.24, 2.45) is 0 Å². The van der Waals surface area contributed by atoms with E-state index < -0.39 is 14.6 Å². The largest absolute Gasteiger partial charge is 0.369 e. The fourth-order valence-corrected chi connectivity index (χ4v) is 4.95. The second kappa shape index (κ2) is 7.27. The van der Waals surface area contributed by atoms with E-state index in [4.69, 9.17) is 11.6 Å². The monoisotopic (exact) mass is 399 g/mol. The first-order chi connectivity index (χ1) is 12.2. The molecule has 0 saturated carbocycles. The second-order valence-corrected chi connectivity index (χ2v) is 10.9. The molecule has 0 aliphatic carbocycles. The summed E-state index contributed by atoms with van der Waals surface area (Å²) in [4.78, 5) is 16.5. The summed E-state index contributed by atoms with van der Waals surface area (Å²) in [6.45, 7) is 5.81. The summed E-state index contributed by atoms with van der Waals surface area (Å²) in [6, 6.07) is 7.58. The third-order valence-corrected chi connectivity index (χ3v) is 8.31. The fraction of sp³-hybridized carbons (Fsp3) is 0.611. The van der Waals surface area contributed by atoms with Crippen LogP contribution in [0.4, 0.5) is 10.5 Å². The first-order valence-electron chi connectivity index (χ1n) is 8.96. The Bertz CT molecular complexity index is 764. The number of hydrogen-bond acceptors (Lipinski definition) is 4. The molecule has 8 heteroatoms. The zero-order chi connectivity index (χ0) is 18.9. The Morgan fingerprint density at radius 2 is 1.88 bits per heavy atom. The molecular formula is C18H26ClN3O3S. The number of halogens is 1. The van der Waals surface area contributed by atoms with Crippen LogP contribution in [-0.2, 0) is 9.84 Å². The number of hydrogen-bond donors (Lipinski definition) is 1. The molecule has 2 saturated heterocycles. The molecule has 0 radical (unpaired) electrons. The molecule has 0 bridgehead atoms. The number of rotatable bonds is 2. The minimum Gasteiger partial charge on any atom is -0.369 e. The summed E-state index contributed by atoms with van der Waals surface area (Å²) < 4.78 is 23.8. The molecule has 2 heterocycles. The molecule has 144 valence electrons. The van der Waals surface area contributed by atoms with E-state index in [1.165, 1.54) is 0 Å². The number of carbonyl (C=O) groups is 1. The van der Waals surface area contributed by atoms with Crippen molar-refractivity contribution in [1.82, 2.24) is 10.2 Å². The van der Waals surface area contributed by atoms with Crippen LogP contribution in [0.15, 0.2) is 24.3 Å². The summed E-state index contributed by atoms with van der Waals surface area (Å²) in [5.74, 6) is 0.0228. The van der Waals surface area contributed by atoms with Crippen LogP contribution in [0.5, 0.6) is 0 Å². The van der Waals surface area contributed by atoms with Crippen LogP contribution < -0.4 is 10.2 Å². The van der Waals surface area contributed by atoms with Crippen LogP contribution >= 0.6 is 11.6 Å². The van der Waals surface area contributed by atoms with Gasteiger partial charge in [0.25, 0.3) is 0 Å². The minimum absolute atomic E-state index is 0.0228. The number of amides is 2. The molecule has 26 heavy (non-hydrogen) atoms. The lowest BCUT2D eigenvalue weighted by Gasteiger charge is -2.24. The van der Waals surface area contributed by atoms with Crippen LogP contribution in [0.25, 0.3) is 0 Å². The lowest BCUT2D eigenvalue weighted by atomic mass is 10.1. The summed E-state index contributed by atoms with van der Waals surface area (Å²) in [6.07, 6.45) is 1.33. The van der Waals surface area contributed by atoms with Gasteiger partial charge in [-0.05, 0) is 51.0 Å². The minimum atomic E-state index is -3.18. The van der Waals surface area contributed by atoms with Gasteiger partial charge >= 0.3 is 6.03 Å². The molecule has 1 unspecified atom stereocenters. The number of benzene rings is 1. The van der Waals surface area contributed by atoms with Gasteiger partial charge in [0.2, 0.25) is 0 Å².